The van der Waals surface area contributed by atoms with Crippen LogP contribution >= 0.6 is 0 Å². The highest BCUT2D eigenvalue weighted by Gasteiger charge is 2.76. The van der Waals surface area contributed by atoms with Crippen LogP contribution < -0.4 is 0 Å². The molecule has 196 valence electrons. The molecule has 3 aliphatic rings. The first-order chi connectivity index (χ1) is 16.0. The zero-order chi connectivity index (χ0) is 26.6. The summed E-state index contributed by atoms with van der Waals surface area (Å²) in [6.45, 7) is 12.0. The highest BCUT2D eigenvalue weighted by Crippen LogP contribution is 2.64. The average Bonchev–Trinajstić information content (AvgIpc) is 2.74. The Bertz CT molecular complexity index is 957. The summed E-state index contributed by atoms with van der Waals surface area (Å²) >= 11 is 0. The molecule has 1 aliphatic heterocycles. The standard InChI is InChI=1S/C26H39NO8/c1-9-23(4)13-18(29)26(32)24(5)16(22(2,3)11-10-17(24)28)12-19(25(26,6)35-23)34-21(31)15-33-20(30)14-27(7)8/h9,12,17,19,28,32H,1,10-11,13-15H2,2-8H3/t17-,19-,23-,24+,25+,26-/m0/s1. The van der Waals surface area contributed by atoms with Gasteiger partial charge in [0.25, 0.3) is 0 Å². The summed E-state index contributed by atoms with van der Waals surface area (Å²) in [5, 5.41) is 23.5. The zero-order valence-corrected chi connectivity index (χ0v) is 21.8. The molecule has 2 fully saturated rings. The van der Waals surface area contributed by atoms with E-state index in [1.165, 1.54) is 13.0 Å². The third-order valence-electron chi connectivity index (χ3n) is 8.18. The highest BCUT2D eigenvalue weighted by atomic mass is 16.6. The van der Waals surface area contributed by atoms with Crippen LogP contribution in [-0.2, 0) is 28.6 Å². The molecule has 3 rings (SSSR count). The Labute approximate surface area is 207 Å². The first-order valence-electron chi connectivity index (χ1n) is 12.0. The normalized spacial score (nSPS) is 40.3. The van der Waals surface area contributed by atoms with E-state index in [1.807, 2.05) is 13.8 Å². The van der Waals surface area contributed by atoms with E-state index >= 15 is 0 Å². The van der Waals surface area contributed by atoms with Gasteiger partial charge in [-0.1, -0.05) is 25.5 Å². The number of nitrogens with zero attached hydrogens (tertiary/aromatic N) is 1. The second kappa shape index (κ2) is 8.80. The molecule has 9 nitrogen and oxygen atoms in total. The van der Waals surface area contributed by atoms with Crippen LogP contribution in [0.25, 0.3) is 0 Å². The molecule has 0 spiro atoms. The number of aliphatic hydroxyl groups is 2. The molecule has 0 aromatic heterocycles. The third kappa shape index (κ3) is 4.16. The van der Waals surface area contributed by atoms with E-state index < -0.39 is 64.2 Å². The number of esters is 2. The zero-order valence-electron chi connectivity index (χ0n) is 21.8. The van der Waals surface area contributed by atoms with Crippen LogP contribution in [0.2, 0.25) is 0 Å². The lowest BCUT2D eigenvalue weighted by Gasteiger charge is -2.66. The van der Waals surface area contributed by atoms with Gasteiger partial charge >= 0.3 is 11.9 Å². The SMILES string of the molecule is C=C[C@@]1(C)CC(=O)[C@@]2(O)[C@](C)(O1)[C@@H](OC(=O)COC(=O)CN(C)C)C=C1C(C)(C)CC[C@H](O)[C@@]12C. The van der Waals surface area contributed by atoms with Gasteiger partial charge in [0.05, 0.1) is 23.7 Å². The van der Waals surface area contributed by atoms with E-state index in [2.05, 4.69) is 6.58 Å². The number of fused-ring (bicyclic) bond motifs is 3. The second-order valence-corrected chi connectivity index (χ2v) is 11.6. The van der Waals surface area contributed by atoms with E-state index in [0.29, 0.717) is 18.4 Å². The molecule has 0 radical (unpaired) electrons. The summed E-state index contributed by atoms with van der Waals surface area (Å²) in [5.74, 6) is -1.96. The first kappa shape index (κ1) is 27.5. The largest absolute Gasteiger partial charge is 0.453 e. The van der Waals surface area contributed by atoms with Crippen LogP contribution in [0.15, 0.2) is 24.3 Å². The van der Waals surface area contributed by atoms with Crippen molar-refractivity contribution in [3.8, 4) is 0 Å². The average molecular weight is 494 g/mol. The van der Waals surface area contributed by atoms with Crippen molar-refractivity contribution < 1.29 is 38.8 Å². The molecule has 0 bridgehead atoms. The maximum atomic E-state index is 13.8. The molecular weight excluding hydrogens is 454 g/mol. The van der Waals surface area contributed by atoms with E-state index in [1.54, 1.807) is 38.9 Å². The van der Waals surface area contributed by atoms with Gasteiger partial charge in [-0.2, -0.15) is 0 Å². The quantitative estimate of drug-likeness (QED) is 0.419. The van der Waals surface area contributed by atoms with Crippen molar-refractivity contribution in [2.45, 2.75) is 82.9 Å². The van der Waals surface area contributed by atoms with Gasteiger partial charge in [-0.3, -0.25) is 14.5 Å². The Morgan fingerprint density at radius 3 is 2.43 bits per heavy atom. The van der Waals surface area contributed by atoms with Crippen molar-refractivity contribution in [2.75, 3.05) is 27.2 Å². The van der Waals surface area contributed by atoms with Crippen LogP contribution in [0.5, 0.6) is 0 Å². The van der Waals surface area contributed by atoms with Crippen LogP contribution in [-0.4, -0.2) is 89.1 Å². The fourth-order valence-electron chi connectivity index (χ4n) is 6.21. The fourth-order valence-corrected chi connectivity index (χ4v) is 6.21. The number of carbonyl (C=O) groups excluding carboxylic acids is 3. The number of aliphatic hydroxyl groups excluding tert-OH is 1. The number of rotatable bonds is 6. The Balaban J connectivity index is 2.08. The summed E-state index contributed by atoms with van der Waals surface area (Å²) in [7, 11) is 3.39. The molecule has 1 heterocycles. The van der Waals surface area contributed by atoms with E-state index in [4.69, 9.17) is 14.2 Å². The van der Waals surface area contributed by atoms with Crippen LogP contribution in [0.3, 0.4) is 0 Å². The summed E-state index contributed by atoms with van der Waals surface area (Å²) in [6, 6.07) is 0. The van der Waals surface area contributed by atoms with Crippen LogP contribution in [0.4, 0.5) is 0 Å². The van der Waals surface area contributed by atoms with Gasteiger partial charge in [0, 0.05) is 6.42 Å². The van der Waals surface area contributed by atoms with Gasteiger partial charge in [0.1, 0.15) is 5.60 Å². The van der Waals surface area contributed by atoms with Crippen molar-refractivity contribution in [3.05, 3.63) is 24.3 Å². The minimum Gasteiger partial charge on any atom is -0.453 e. The van der Waals surface area contributed by atoms with Gasteiger partial charge in [-0.25, -0.2) is 4.79 Å². The predicted octanol–water partition coefficient (Wildman–Crippen LogP) is 1.55. The molecule has 2 aliphatic carbocycles. The van der Waals surface area contributed by atoms with Crippen molar-refractivity contribution in [1.82, 2.24) is 4.90 Å². The molecule has 0 amide bonds. The lowest BCUT2D eigenvalue weighted by molar-refractivity contribution is -0.305. The molecule has 6 atom stereocenters. The maximum Gasteiger partial charge on any atom is 0.344 e. The number of ketones is 1. The molecule has 1 saturated heterocycles. The number of Topliss-reactive ketones (excluding diaryl/α,β-unsaturated/α-hetero) is 1. The fraction of sp³-hybridized carbons (Fsp3) is 0.731. The molecule has 9 heteroatoms. The summed E-state index contributed by atoms with van der Waals surface area (Å²) in [6.07, 6.45) is 1.82. The number of carbonyl (C=O) groups is 3. The minimum atomic E-state index is -2.20. The monoisotopic (exact) mass is 493 g/mol. The van der Waals surface area contributed by atoms with E-state index in [-0.39, 0.29) is 13.0 Å². The Hall–Kier alpha value is -2.07. The first-order valence-corrected chi connectivity index (χ1v) is 12.0. The van der Waals surface area contributed by atoms with Crippen molar-refractivity contribution in [1.29, 1.82) is 0 Å². The number of likely N-dealkylation sites (N-methyl/N-ethyl adjacent to an activating group) is 1. The number of hydrogen-bond donors (Lipinski definition) is 2. The third-order valence-corrected chi connectivity index (χ3v) is 8.18. The molecule has 0 aromatic rings. The second-order valence-electron chi connectivity index (χ2n) is 11.6. The lowest BCUT2D eigenvalue weighted by atomic mass is 9.44. The van der Waals surface area contributed by atoms with E-state index in [9.17, 15) is 24.6 Å². The number of ether oxygens (including phenoxy) is 3. The predicted molar refractivity (Wildman–Crippen MR) is 127 cm³/mol. The van der Waals surface area contributed by atoms with Gasteiger partial charge in [0.15, 0.2) is 24.1 Å². The van der Waals surface area contributed by atoms with Crippen LogP contribution in [0.1, 0.15) is 53.9 Å². The van der Waals surface area contributed by atoms with Gasteiger partial charge in [-0.15, -0.1) is 6.58 Å². The topological polar surface area (TPSA) is 123 Å². The van der Waals surface area contributed by atoms with Gasteiger partial charge in [0.2, 0.25) is 0 Å². The summed E-state index contributed by atoms with van der Waals surface area (Å²) < 4.78 is 17.1. The summed E-state index contributed by atoms with van der Waals surface area (Å²) in [5.41, 5.74) is -6.31. The molecule has 0 aromatic carbocycles. The lowest BCUT2D eigenvalue weighted by Crippen LogP contribution is -2.81. The van der Waals surface area contributed by atoms with Gasteiger partial charge < -0.3 is 24.4 Å². The Morgan fingerprint density at radius 2 is 1.86 bits per heavy atom. The summed E-state index contributed by atoms with van der Waals surface area (Å²) in [4.78, 5) is 40.0. The molecule has 35 heavy (non-hydrogen) atoms. The van der Waals surface area contributed by atoms with Gasteiger partial charge in [-0.05, 0) is 59.2 Å². The molecular formula is C26H39NO8. The Kier molecular flexibility index (Phi) is 6.92. The minimum absolute atomic E-state index is 0.00202. The molecule has 1 saturated carbocycles. The maximum absolute atomic E-state index is 13.8. The highest BCUT2D eigenvalue weighted by molar-refractivity contribution is 5.93. The Morgan fingerprint density at radius 1 is 1.23 bits per heavy atom. The molecule has 0 unspecified atom stereocenters. The van der Waals surface area contributed by atoms with Crippen molar-refractivity contribution in [3.63, 3.8) is 0 Å². The van der Waals surface area contributed by atoms with Crippen LogP contribution in [0, 0.1) is 10.8 Å². The van der Waals surface area contributed by atoms with E-state index in [0.717, 1.165) is 0 Å². The molecule has 2 N–H and O–H groups in total. The van der Waals surface area contributed by atoms with Crippen molar-refractivity contribution in [2.24, 2.45) is 10.8 Å². The van der Waals surface area contributed by atoms with Crippen molar-refractivity contribution >= 4 is 17.7 Å². The number of hydrogen-bond acceptors (Lipinski definition) is 9. The smallest absolute Gasteiger partial charge is 0.344 e.